The zero-order chi connectivity index (χ0) is 14.8. The molecule has 2 unspecified atom stereocenters. The van der Waals surface area contributed by atoms with Crippen molar-refractivity contribution in [2.75, 3.05) is 11.5 Å². The molecule has 4 N–H and O–H groups in total. The fourth-order valence-corrected chi connectivity index (χ4v) is 4.25. The molecule has 0 aliphatic heterocycles. The Balaban J connectivity index is 1.76. The predicted octanol–water partition coefficient (Wildman–Crippen LogP) is 3.15. The molecule has 1 fully saturated rings. The molecule has 1 saturated carbocycles. The minimum Gasteiger partial charge on any atom is -0.397 e. The summed E-state index contributed by atoms with van der Waals surface area (Å²) in [5.41, 5.74) is 8.04. The molecule has 2 aromatic rings. The average molecular weight is 303 g/mol. The zero-order valence-corrected chi connectivity index (χ0v) is 13.0. The summed E-state index contributed by atoms with van der Waals surface area (Å²) in [7, 11) is 0. The van der Waals surface area contributed by atoms with E-state index in [9.17, 15) is 4.79 Å². The second-order valence-electron chi connectivity index (χ2n) is 5.50. The SMILES string of the molecule is CCSC1CCCC1NC(=O)c1cc2cccc(N)c2[nH]1. The number of benzene rings is 1. The highest BCUT2D eigenvalue weighted by Crippen LogP contribution is 2.30. The Hall–Kier alpha value is -1.62. The van der Waals surface area contributed by atoms with Crippen molar-refractivity contribution in [2.24, 2.45) is 0 Å². The Kier molecular flexibility index (Phi) is 4.10. The summed E-state index contributed by atoms with van der Waals surface area (Å²) in [5.74, 6) is 1.07. The summed E-state index contributed by atoms with van der Waals surface area (Å²) in [6.45, 7) is 2.17. The molecule has 1 aliphatic carbocycles. The zero-order valence-electron chi connectivity index (χ0n) is 12.2. The molecule has 0 spiro atoms. The molecule has 1 aliphatic rings. The van der Waals surface area contributed by atoms with Gasteiger partial charge >= 0.3 is 0 Å². The molecule has 0 bridgehead atoms. The maximum Gasteiger partial charge on any atom is 0.267 e. The van der Waals surface area contributed by atoms with Gasteiger partial charge < -0.3 is 16.0 Å². The number of aromatic nitrogens is 1. The van der Waals surface area contributed by atoms with Crippen LogP contribution in [-0.2, 0) is 0 Å². The Bertz CT molecular complexity index is 652. The Morgan fingerprint density at radius 3 is 3.10 bits per heavy atom. The molecule has 5 heteroatoms. The summed E-state index contributed by atoms with van der Waals surface area (Å²) < 4.78 is 0. The van der Waals surface area contributed by atoms with Gasteiger partial charge in [0.25, 0.3) is 5.91 Å². The van der Waals surface area contributed by atoms with E-state index in [1.807, 2.05) is 36.0 Å². The molecule has 4 nitrogen and oxygen atoms in total. The quantitative estimate of drug-likeness (QED) is 0.760. The second kappa shape index (κ2) is 6.02. The number of amides is 1. The van der Waals surface area contributed by atoms with Gasteiger partial charge in [0.2, 0.25) is 0 Å². The van der Waals surface area contributed by atoms with Crippen molar-refractivity contribution in [3.05, 3.63) is 30.0 Å². The lowest BCUT2D eigenvalue weighted by Gasteiger charge is -2.19. The van der Waals surface area contributed by atoms with Gasteiger partial charge in [0.1, 0.15) is 5.69 Å². The first kappa shape index (κ1) is 14.3. The third kappa shape index (κ3) is 2.88. The van der Waals surface area contributed by atoms with Gasteiger partial charge in [0, 0.05) is 16.7 Å². The highest BCUT2D eigenvalue weighted by Gasteiger charge is 2.29. The standard InChI is InChI=1S/C16H21N3OS/c1-2-21-14-8-4-7-12(14)19-16(20)13-9-10-5-3-6-11(17)15(10)18-13/h3,5-6,9,12,14,18H,2,4,7-8,17H2,1H3,(H,19,20). The number of nitrogen functional groups attached to an aromatic ring is 1. The molecule has 1 heterocycles. The lowest BCUT2D eigenvalue weighted by molar-refractivity contribution is 0.0934. The molecule has 1 aromatic heterocycles. The Labute approximate surface area is 128 Å². The lowest BCUT2D eigenvalue weighted by atomic mass is 10.2. The molecule has 0 radical (unpaired) electrons. The molecule has 0 saturated heterocycles. The van der Waals surface area contributed by atoms with Crippen LogP contribution in [0.15, 0.2) is 24.3 Å². The van der Waals surface area contributed by atoms with E-state index in [-0.39, 0.29) is 11.9 Å². The van der Waals surface area contributed by atoms with Gasteiger partial charge in [-0.2, -0.15) is 11.8 Å². The molecule has 112 valence electrons. The first-order chi connectivity index (χ1) is 10.2. The van der Waals surface area contributed by atoms with Crippen LogP contribution in [0.5, 0.6) is 0 Å². The van der Waals surface area contributed by atoms with Gasteiger partial charge in [-0.15, -0.1) is 0 Å². The van der Waals surface area contributed by atoms with Crippen molar-refractivity contribution >= 4 is 34.3 Å². The lowest BCUT2D eigenvalue weighted by Crippen LogP contribution is -2.38. The number of thioether (sulfide) groups is 1. The number of nitrogens with two attached hydrogens (primary N) is 1. The van der Waals surface area contributed by atoms with E-state index >= 15 is 0 Å². The van der Waals surface area contributed by atoms with E-state index in [1.165, 1.54) is 12.8 Å². The normalized spacial score (nSPS) is 21.8. The topological polar surface area (TPSA) is 70.9 Å². The number of H-pyrrole nitrogens is 1. The average Bonchev–Trinajstić information content (AvgIpc) is 3.07. The molecule has 2 atom stereocenters. The number of nitrogens with one attached hydrogen (secondary N) is 2. The number of fused-ring (bicyclic) bond motifs is 1. The van der Waals surface area contributed by atoms with Crippen LogP contribution in [0, 0.1) is 0 Å². The van der Waals surface area contributed by atoms with Crippen molar-refractivity contribution in [3.63, 3.8) is 0 Å². The number of rotatable bonds is 4. The van der Waals surface area contributed by atoms with Crippen molar-refractivity contribution in [1.29, 1.82) is 0 Å². The molecule has 21 heavy (non-hydrogen) atoms. The highest BCUT2D eigenvalue weighted by molar-refractivity contribution is 7.99. The first-order valence-corrected chi connectivity index (χ1v) is 8.53. The number of hydrogen-bond acceptors (Lipinski definition) is 3. The summed E-state index contributed by atoms with van der Waals surface area (Å²) >= 11 is 1.95. The van der Waals surface area contributed by atoms with Crippen molar-refractivity contribution in [3.8, 4) is 0 Å². The van der Waals surface area contributed by atoms with Gasteiger partial charge in [0.15, 0.2) is 0 Å². The van der Waals surface area contributed by atoms with E-state index in [4.69, 9.17) is 5.73 Å². The van der Waals surface area contributed by atoms with E-state index in [2.05, 4.69) is 17.2 Å². The van der Waals surface area contributed by atoms with E-state index in [0.717, 1.165) is 23.1 Å². The number of hydrogen-bond donors (Lipinski definition) is 3. The van der Waals surface area contributed by atoms with Crippen molar-refractivity contribution < 1.29 is 4.79 Å². The van der Waals surface area contributed by atoms with Gasteiger partial charge in [-0.1, -0.05) is 25.5 Å². The summed E-state index contributed by atoms with van der Waals surface area (Å²) in [6, 6.07) is 7.86. The van der Waals surface area contributed by atoms with Crippen molar-refractivity contribution in [1.82, 2.24) is 10.3 Å². The van der Waals surface area contributed by atoms with Gasteiger partial charge in [-0.3, -0.25) is 4.79 Å². The summed E-state index contributed by atoms with van der Waals surface area (Å²) in [6.07, 6.45) is 3.47. The van der Waals surface area contributed by atoms with Gasteiger partial charge in [-0.25, -0.2) is 0 Å². The molecule has 1 amide bonds. The summed E-state index contributed by atoms with van der Waals surface area (Å²) in [5, 5.41) is 4.71. The van der Waals surface area contributed by atoms with Crippen LogP contribution in [0.3, 0.4) is 0 Å². The second-order valence-corrected chi connectivity index (χ2v) is 7.02. The van der Waals surface area contributed by atoms with Crippen LogP contribution in [0.1, 0.15) is 36.7 Å². The largest absolute Gasteiger partial charge is 0.397 e. The third-order valence-electron chi connectivity index (χ3n) is 4.08. The number of para-hydroxylation sites is 1. The first-order valence-electron chi connectivity index (χ1n) is 7.48. The van der Waals surface area contributed by atoms with Crippen LogP contribution in [-0.4, -0.2) is 27.9 Å². The predicted molar refractivity (Wildman–Crippen MR) is 89.7 cm³/mol. The number of carbonyl (C=O) groups excluding carboxylic acids is 1. The van der Waals surface area contributed by atoms with E-state index < -0.39 is 0 Å². The minimum absolute atomic E-state index is 0.0285. The van der Waals surface area contributed by atoms with Gasteiger partial charge in [-0.05, 0) is 30.7 Å². The maximum absolute atomic E-state index is 12.4. The van der Waals surface area contributed by atoms with Crippen LogP contribution in [0.4, 0.5) is 5.69 Å². The molecule has 1 aromatic carbocycles. The Morgan fingerprint density at radius 1 is 1.48 bits per heavy atom. The van der Waals surface area contributed by atoms with Crippen LogP contribution in [0.2, 0.25) is 0 Å². The van der Waals surface area contributed by atoms with Crippen LogP contribution < -0.4 is 11.1 Å². The summed E-state index contributed by atoms with van der Waals surface area (Å²) in [4.78, 5) is 15.6. The monoisotopic (exact) mass is 303 g/mol. The van der Waals surface area contributed by atoms with Crippen LogP contribution >= 0.6 is 11.8 Å². The highest BCUT2D eigenvalue weighted by atomic mass is 32.2. The number of anilines is 1. The smallest absolute Gasteiger partial charge is 0.267 e. The number of carbonyl (C=O) groups is 1. The maximum atomic E-state index is 12.4. The fourth-order valence-electron chi connectivity index (χ4n) is 3.05. The van der Waals surface area contributed by atoms with E-state index in [1.54, 1.807) is 0 Å². The molecular weight excluding hydrogens is 282 g/mol. The third-order valence-corrected chi connectivity index (χ3v) is 5.41. The fraction of sp³-hybridized carbons (Fsp3) is 0.438. The molecular formula is C16H21N3OS. The Morgan fingerprint density at radius 2 is 2.33 bits per heavy atom. The molecule has 3 rings (SSSR count). The van der Waals surface area contributed by atoms with Crippen LogP contribution in [0.25, 0.3) is 10.9 Å². The minimum atomic E-state index is -0.0285. The van der Waals surface area contributed by atoms with Crippen molar-refractivity contribution in [2.45, 2.75) is 37.5 Å². The van der Waals surface area contributed by atoms with E-state index in [0.29, 0.717) is 16.6 Å². The van der Waals surface area contributed by atoms with Gasteiger partial charge in [0.05, 0.1) is 11.2 Å². The number of aromatic amines is 1.